The molecule has 3 aromatic carbocycles. The first-order valence-corrected chi connectivity index (χ1v) is 46.2. The number of nitrogens with zero attached hydrogens (tertiary/aromatic N) is 9. The number of amides is 6. The van der Waals surface area contributed by atoms with E-state index >= 15 is 26.3 Å². The van der Waals surface area contributed by atoms with Crippen LogP contribution in [-0.2, 0) is 131 Å². The van der Waals surface area contributed by atoms with Crippen LogP contribution in [0.15, 0.2) is 54.6 Å². The van der Waals surface area contributed by atoms with Crippen LogP contribution in [-0.4, -0.2) is 252 Å². The van der Waals surface area contributed by atoms with E-state index in [9.17, 15) is 43.2 Å². The van der Waals surface area contributed by atoms with Crippen LogP contribution in [0.5, 0.6) is 34.9 Å². The first-order valence-electron chi connectivity index (χ1n) is 46.2. The molecule has 0 spiro atoms. The molecule has 138 heavy (non-hydrogen) atoms. The third-order valence-electron chi connectivity index (χ3n) is 27.5. The van der Waals surface area contributed by atoms with Crippen molar-refractivity contribution in [1.29, 1.82) is 0 Å². The van der Waals surface area contributed by atoms with Crippen molar-refractivity contribution in [1.82, 2.24) is 60.6 Å². The molecule has 0 unspecified atom stereocenters. The number of benzene rings is 3. The number of halogens is 6. The average Bonchev–Trinajstić information content (AvgIpc) is 1.53. The molecule has 6 aliphatic heterocycles. The zero-order chi connectivity index (χ0) is 98.0. The maximum absolute atomic E-state index is 16.0. The molecule has 42 heteroatoms. The maximum Gasteiger partial charge on any atom is 0.408 e. The van der Waals surface area contributed by atoms with Crippen molar-refractivity contribution in [2.75, 3.05) is 80.6 Å². The Morgan fingerprint density at radius 2 is 0.746 bits per heavy atom. The normalized spacial score (nSPS) is 29.7. The summed E-state index contributed by atoms with van der Waals surface area (Å²) in [7, 11) is 4.43. The van der Waals surface area contributed by atoms with Crippen molar-refractivity contribution in [2.24, 2.45) is 51.8 Å². The molecule has 3 aliphatic carbocycles. The predicted molar refractivity (Wildman–Crippen MR) is 476 cm³/mol. The molecule has 6 aromatic rings. The summed E-state index contributed by atoms with van der Waals surface area (Å²) in [5, 5.41) is 8.26. The van der Waals surface area contributed by atoms with Gasteiger partial charge in [0.1, 0.15) is 90.8 Å². The standard InChI is InChI=1S/C33H43F2N4O7.C32H41F2N4O7.C31H39F2N4O7.3V/c1-7-21-24(17-40)39-16-25(21)45-28-26(36-22-11-10-20(43-6)15-23(22)37-28)33(34,35)18-44-14-12-19-9-8-13-32(19,5)46-30(42)38-27(29(39)41)31(2,3)4;1-6-20-23(16-39)38-15-25(20)44-28-26(35-21-11-10-19(42-5)14-22(21)36-28)32(33,34)17-43-13-12-18-8-7-9-24(18)45-30(41)37-27(29(38)40)31(2,3)4;1-7-19-22(15-38)37-14-23(19)43-26-24(34-20-9-8-18(41-6)12-21(20)35-26)31(32,33)16-42-11-10-17-13-30(17,5)44-28(40)36-25(27(37)39)29(2,3)4;;;/h10-11,15,19,21,24-25,27H,7-9,12-14,16,18H2,1-6H3,(H,38,42);10-11,14,18,20,23-25,27H,6-9,12-13,15,17H2,1-5H3,(H,37,41);8-9,12,17,19,22-23,25H,7,10-11,13-14,16H2,1-6H3,(H,36,40);;;/q3*-1;;;/t19-,21-,24+,25-,27+,32+;18-,20-,23+,24+,25-,27+;17-,19+,22-,23+,25-,30-;;;/m001.../s1. The maximum atomic E-state index is 16.0. The van der Waals surface area contributed by atoms with Gasteiger partial charge in [0, 0.05) is 106 Å². The van der Waals surface area contributed by atoms with Gasteiger partial charge in [-0.05, 0) is 154 Å². The number of carbonyl (C=O) groups excluding carboxylic acids is 9. The van der Waals surface area contributed by atoms with E-state index in [1.54, 1.807) is 113 Å². The zero-order valence-corrected chi connectivity index (χ0v) is 84.9. The smallest absolute Gasteiger partial charge is 0.408 e. The van der Waals surface area contributed by atoms with Crippen LogP contribution in [0.1, 0.15) is 197 Å². The number of aromatic nitrogens is 6. The molecular weight excluding hydrogens is 1920 g/mol. The van der Waals surface area contributed by atoms with Crippen LogP contribution in [0.25, 0.3) is 33.1 Å². The van der Waals surface area contributed by atoms with Gasteiger partial charge in [0.05, 0.1) is 74.1 Å². The number of fused-ring (bicyclic) bond motifs is 15. The topological polar surface area (TPSA) is 388 Å². The molecule has 15 rings (SSSR count). The van der Waals surface area contributed by atoms with Crippen LogP contribution < -0.4 is 44.4 Å². The van der Waals surface area contributed by atoms with Gasteiger partial charge in [-0.3, -0.25) is 14.4 Å². The molecule has 18 atom stereocenters. The number of carbonyl (C=O) groups is 6. The van der Waals surface area contributed by atoms with Crippen LogP contribution in [0.2, 0.25) is 0 Å². The minimum atomic E-state index is -3.60. The van der Waals surface area contributed by atoms with Crippen LogP contribution in [0, 0.1) is 51.8 Å². The Labute approximate surface area is 834 Å². The average molecular weight is 2050 g/mol. The molecule has 3 saturated carbocycles. The number of alkyl halides is 6. The molecule has 3 radical (unpaired) electrons. The Balaban J connectivity index is 0.000000211. The van der Waals surface area contributed by atoms with Gasteiger partial charge in [0.2, 0.25) is 35.4 Å². The molecule has 33 nitrogen and oxygen atoms in total. The third-order valence-corrected chi connectivity index (χ3v) is 27.5. The first-order chi connectivity index (χ1) is 63.8. The number of hydrogen-bond donors (Lipinski definition) is 3. The second-order valence-corrected chi connectivity index (χ2v) is 40.0. The van der Waals surface area contributed by atoms with E-state index in [1.165, 1.54) is 54.2 Å². The van der Waals surface area contributed by atoms with Gasteiger partial charge in [-0.1, -0.05) is 120 Å². The Morgan fingerprint density at radius 1 is 0.413 bits per heavy atom. The monoisotopic (exact) mass is 2050 g/mol. The van der Waals surface area contributed by atoms with Gasteiger partial charge in [-0.2, -0.15) is 26.3 Å². The molecule has 6 fully saturated rings. The number of methoxy groups -OCH3 is 3. The fraction of sp³-hybridized carbons (Fsp3) is 0.656. The van der Waals surface area contributed by atoms with Crippen LogP contribution in [0.4, 0.5) is 40.7 Å². The SMILES string of the molecule is CC[C@@H]1[C@@H]2CN(C(=O)[C@H](C(C)(C)C)NC(=O)O[C@@H]3CCC[C@H]3CCOCC(F)(F)c3nc4ccc(OC)cc4nc3O2)[C@@H]1[C-]=O.CC[C@@H]1[C@@H]2CN(C(=O)[C@H](C(C)(C)C)NC(=O)O[C@]3(C)CCC[C@H]3CCOCC(F)(F)c3nc4ccc(OC)cc4nc3O2)[C@@H]1[C-]=O.CC[C@@H]1[C@@H]2CN(C(=O)[C@H](C(C)(C)C)NC(=O)O[C@]3(C)C[C@H]3CCOCC(F)(F)c3nc4ccc(OC)cc4nc3O2)[C@@H]1[C-]=O.[V].[V].[V]. The Morgan fingerprint density at radius 3 is 1.08 bits per heavy atom. The first kappa shape index (κ1) is 111. The largest absolute Gasteiger partial charge is 0.540 e. The third kappa shape index (κ3) is 24.6. The molecule has 3 aromatic heterocycles. The summed E-state index contributed by atoms with van der Waals surface area (Å²) in [6.07, 6.45) is 7.57. The van der Waals surface area contributed by atoms with E-state index in [0.717, 1.165) is 25.7 Å². The van der Waals surface area contributed by atoms with Crippen molar-refractivity contribution < 1.29 is 182 Å². The van der Waals surface area contributed by atoms with E-state index in [0.29, 0.717) is 75.0 Å². The van der Waals surface area contributed by atoms with Crippen LogP contribution in [0.3, 0.4) is 0 Å². The molecular formula is C96H123F6N12O21V3-3. The summed E-state index contributed by atoms with van der Waals surface area (Å²) >= 11 is 0. The number of hydrogen-bond acceptors (Lipinski definition) is 27. The van der Waals surface area contributed by atoms with Crippen molar-refractivity contribution >= 4 is 88.0 Å². The molecule has 3 N–H and O–H groups in total. The molecule has 6 bridgehead atoms. The summed E-state index contributed by atoms with van der Waals surface area (Å²) in [6.45, 7) is 21.9. The summed E-state index contributed by atoms with van der Waals surface area (Å²) in [5.41, 5.74) is -4.65. The van der Waals surface area contributed by atoms with Crippen molar-refractivity contribution in [3.63, 3.8) is 0 Å². The summed E-state index contributed by atoms with van der Waals surface area (Å²) in [6, 6.07) is 7.76. The Bertz CT molecular complexity index is 5360. The van der Waals surface area contributed by atoms with Crippen molar-refractivity contribution in [3.05, 3.63) is 71.7 Å². The fourth-order valence-corrected chi connectivity index (χ4v) is 19.6. The van der Waals surface area contributed by atoms with Gasteiger partial charge in [0.25, 0.3) is 0 Å². The number of alkyl carbamates (subject to hydrolysis) is 3. The van der Waals surface area contributed by atoms with Crippen molar-refractivity contribution in [3.8, 4) is 34.9 Å². The molecule has 9 heterocycles. The Hall–Kier alpha value is -9.08. The molecule has 6 amide bonds. The van der Waals surface area contributed by atoms with E-state index in [4.69, 9.17) is 56.8 Å². The molecule has 3 saturated heterocycles. The minimum absolute atomic E-state index is 0. The summed E-state index contributed by atoms with van der Waals surface area (Å²) in [5.74, 6) is -14.4. The van der Waals surface area contributed by atoms with Gasteiger partial charge < -0.3 is 102 Å². The quantitative estimate of drug-likeness (QED) is 0.0687. The minimum Gasteiger partial charge on any atom is -0.540 e. The number of nitrogens with one attached hydrogen (secondary N) is 3. The Kier molecular flexibility index (Phi) is 36.2. The van der Waals surface area contributed by atoms with E-state index < -0.39 is 214 Å². The second kappa shape index (κ2) is 45.0. The van der Waals surface area contributed by atoms with Crippen molar-refractivity contribution in [2.45, 2.75) is 270 Å². The summed E-state index contributed by atoms with van der Waals surface area (Å²) in [4.78, 5) is 149. The van der Waals surface area contributed by atoms with E-state index in [-0.39, 0.29) is 146 Å². The van der Waals surface area contributed by atoms with E-state index in [1.807, 2.05) is 39.6 Å². The molecule has 753 valence electrons. The second-order valence-electron chi connectivity index (χ2n) is 40.0. The fourth-order valence-electron chi connectivity index (χ4n) is 19.6. The van der Waals surface area contributed by atoms with Gasteiger partial charge >= 0.3 is 36.0 Å². The molecule has 9 aliphatic rings. The van der Waals surface area contributed by atoms with Gasteiger partial charge in [-0.15, -0.1) is 0 Å². The van der Waals surface area contributed by atoms with E-state index in [2.05, 4.69) is 45.9 Å². The number of ether oxygens (including phenoxy) is 12. The zero-order valence-electron chi connectivity index (χ0n) is 80.7. The summed E-state index contributed by atoms with van der Waals surface area (Å²) < 4.78 is 164. The predicted octanol–water partition coefficient (Wildman–Crippen LogP) is 13.7. The number of rotatable bonds is 9. The van der Waals surface area contributed by atoms with Gasteiger partial charge in [-0.25, -0.2) is 63.1 Å². The van der Waals surface area contributed by atoms with Gasteiger partial charge in [0.15, 0.2) is 17.1 Å². The van der Waals surface area contributed by atoms with Crippen LogP contribution >= 0.6 is 0 Å².